The van der Waals surface area contributed by atoms with E-state index in [4.69, 9.17) is 19.3 Å². The Morgan fingerprint density at radius 1 is 1.15 bits per heavy atom. The van der Waals surface area contributed by atoms with Crippen molar-refractivity contribution in [2.75, 3.05) is 12.3 Å². The molecule has 1 aliphatic rings. The van der Waals surface area contributed by atoms with E-state index in [-0.39, 0.29) is 51.8 Å². The van der Waals surface area contributed by atoms with Crippen molar-refractivity contribution in [1.82, 2.24) is 9.55 Å². The van der Waals surface area contributed by atoms with Gasteiger partial charge in [0.05, 0.1) is 12.5 Å². The lowest BCUT2D eigenvalue weighted by molar-refractivity contribution is -0.136. The van der Waals surface area contributed by atoms with Crippen molar-refractivity contribution in [1.29, 1.82) is 0 Å². The van der Waals surface area contributed by atoms with Crippen LogP contribution in [0.5, 0.6) is 0 Å². The maximum absolute atomic E-state index is 14.9. The first-order valence-electron chi connectivity index (χ1n) is 10.3. The Kier molecular flexibility index (Phi) is 5.12. The third-order valence-electron chi connectivity index (χ3n) is 5.40. The van der Waals surface area contributed by atoms with E-state index in [1.165, 1.54) is 47.0 Å². The molecule has 2 aromatic heterocycles. The normalized spacial score (nSPS) is 15.2. The topological polar surface area (TPSA) is 113 Å². The molecule has 3 heterocycles. The molecule has 2 N–H and O–H groups in total. The van der Waals surface area contributed by atoms with Crippen LogP contribution in [0.3, 0.4) is 0 Å². The summed E-state index contributed by atoms with van der Waals surface area (Å²) in [5, 5.41) is -0.147. The lowest BCUT2D eigenvalue weighted by Gasteiger charge is -2.22. The highest BCUT2D eigenvalue weighted by atomic mass is 19.1. The number of benzene rings is 2. The van der Waals surface area contributed by atoms with Crippen LogP contribution in [-0.2, 0) is 9.53 Å². The fraction of sp³-hybridized carbons (Fsp3) is 0.125. The number of hydrogen-bond acceptors (Lipinski definition) is 7. The van der Waals surface area contributed by atoms with Gasteiger partial charge in [0, 0.05) is 11.1 Å². The lowest BCUT2D eigenvalue weighted by Crippen LogP contribution is -2.37. The number of aromatic nitrogens is 2. The summed E-state index contributed by atoms with van der Waals surface area (Å²) in [6, 6.07) is 11.3. The van der Waals surface area contributed by atoms with Crippen molar-refractivity contribution in [3.8, 4) is 5.88 Å². The Hall–Kier alpha value is -4.47. The number of hydrogen-bond donors (Lipinski definition) is 1. The van der Waals surface area contributed by atoms with Crippen LogP contribution in [0.4, 0.5) is 14.8 Å². The fourth-order valence-electron chi connectivity index (χ4n) is 4.00. The second-order valence-corrected chi connectivity index (χ2v) is 7.41. The van der Waals surface area contributed by atoms with Crippen LogP contribution < -0.4 is 22.3 Å². The zero-order valence-corrected chi connectivity index (χ0v) is 17.7. The molecular weight excluding hydrogens is 448 g/mol. The average molecular weight is 465 g/mol. The van der Waals surface area contributed by atoms with Crippen molar-refractivity contribution in [2.45, 2.75) is 12.8 Å². The molecule has 1 atom stereocenters. The number of nitrogen functional groups attached to an aromatic ring is 1. The van der Waals surface area contributed by atoms with Gasteiger partial charge in [0.15, 0.2) is 0 Å². The molecule has 0 unspecified atom stereocenters. The molecule has 0 saturated heterocycles. The molecule has 34 heavy (non-hydrogen) atoms. The van der Waals surface area contributed by atoms with Crippen LogP contribution in [0.25, 0.3) is 17.5 Å². The number of esters is 1. The van der Waals surface area contributed by atoms with Crippen LogP contribution in [0, 0.1) is 11.6 Å². The minimum Gasteiger partial charge on any atom is -0.462 e. The Morgan fingerprint density at radius 2 is 1.85 bits per heavy atom. The predicted molar refractivity (Wildman–Crippen MR) is 116 cm³/mol. The molecule has 8 nitrogen and oxygen atoms in total. The average Bonchev–Trinajstić information content (AvgIpc) is 3.34. The molecular formula is C24H17F2N3O5. The highest BCUT2D eigenvalue weighted by molar-refractivity contribution is 6.12. The molecule has 172 valence electrons. The smallest absolute Gasteiger partial charge is 0.362 e. The highest BCUT2D eigenvalue weighted by Gasteiger charge is 2.40. The van der Waals surface area contributed by atoms with E-state index in [2.05, 4.69) is 4.98 Å². The molecule has 0 bridgehead atoms. The summed E-state index contributed by atoms with van der Waals surface area (Å²) in [5.41, 5.74) is 4.77. The van der Waals surface area contributed by atoms with E-state index in [1.807, 2.05) is 0 Å². The number of carbonyl (C=O) groups is 1. The van der Waals surface area contributed by atoms with Gasteiger partial charge in [-0.15, -0.1) is 0 Å². The maximum atomic E-state index is 14.9. The van der Waals surface area contributed by atoms with Crippen molar-refractivity contribution in [2.24, 2.45) is 0 Å². The second-order valence-electron chi connectivity index (χ2n) is 7.41. The molecule has 0 fully saturated rings. The lowest BCUT2D eigenvalue weighted by atomic mass is 9.86. The van der Waals surface area contributed by atoms with Crippen molar-refractivity contribution >= 4 is 23.6 Å². The summed E-state index contributed by atoms with van der Waals surface area (Å²) in [6.45, 7) is 1.62. The molecule has 0 amide bonds. The van der Waals surface area contributed by atoms with Gasteiger partial charge < -0.3 is 19.3 Å². The zero-order valence-electron chi connectivity index (χ0n) is 17.7. The highest BCUT2D eigenvalue weighted by Crippen LogP contribution is 2.39. The van der Waals surface area contributed by atoms with Crippen molar-refractivity contribution in [3.05, 3.63) is 98.3 Å². The second kappa shape index (κ2) is 8.14. The molecule has 0 radical (unpaired) electrons. The Balaban J connectivity index is 1.94. The first-order chi connectivity index (χ1) is 16.4. The standard InChI is InChI=1S/C24H17F2N3O5/c1-2-32-23(31)18-17(13-8-4-6-10-15(13)26)19-21(34-24(27)28-19)29-16(22(30)33-20(18)29)11-12-7-3-5-9-14(12)25/h3-11,17H,2H2,1H3,(H2,27,28)/b16-11+/t17-/m0/s1. The van der Waals surface area contributed by atoms with Crippen LogP contribution in [0.2, 0.25) is 0 Å². The predicted octanol–water partition coefficient (Wildman–Crippen LogP) is 1.97. The number of halogens is 2. The Bertz CT molecular complexity index is 1620. The first-order valence-corrected chi connectivity index (χ1v) is 10.3. The van der Waals surface area contributed by atoms with Gasteiger partial charge in [-0.1, -0.05) is 36.4 Å². The van der Waals surface area contributed by atoms with E-state index in [0.717, 1.165) is 0 Å². The SMILES string of the molecule is CCOC(=O)C1=c2oc(=O)/c(=C\c3ccccc3F)n2-c2oc(N)nc2[C@H]1c1ccccc1F. The van der Waals surface area contributed by atoms with Gasteiger partial charge in [-0.2, -0.15) is 4.98 Å². The van der Waals surface area contributed by atoms with Crippen LogP contribution in [0.15, 0.2) is 62.2 Å². The fourth-order valence-corrected chi connectivity index (χ4v) is 4.00. The number of fused-ring (bicyclic) bond motifs is 3. The van der Waals surface area contributed by atoms with Gasteiger partial charge in [-0.3, -0.25) is 0 Å². The number of carbonyl (C=O) groups excluding carboxylic acids is 1. The largest absolute Gasteiger partial charge is 0.462 e. The summed E-state index contributed by atoms with van der Waals surface area (Å²) < 4.78 is 46.6. The molecule has 0 saturated carbocycles. The minimum atomic E-state index is -1.14. The summed E-state index contributed by atoms with van der Waals surface area (Å²) in [6.07, 6.45) is 1.25. The van der Waals surface area contributed by atoms with Gasteiger partial charge in [0.2, 0.25) is 11.4 Å². The Labute approximate surface area is 190 Å². The molecule has 2 aromatic carbocycles. The van der Waals surface area contributed by atoms with Gasteiger partial charge in [0.1, 0.15) is 28.3 Å². The number of ether oxygens (including phenoxy) is 1. The number of nitrogens with zero attached hydrogens (tertiary/aromatic N) is 2. The zero-order chi connectivity index (χ0) is 24.0. The van der Waals surface area contributed by atoms with Crippen LogP contribution in [0.1, 0.15) is 29.7 Å². The molecule has 10 heteroatoms. The maximum Gasteiger partial charge on any atom is 0.362 e. The molecule has 0 spiro atoms. The molecule has 0 aliphatic carbocycles. The summed E-state index contributed by atoms with van der Waals surface area (Å²) in [4.78, 5) is 30.2. The van der Waals surface area contributed by atoms with E-state index in [0.29, 0.717) is 0 Å². The van der Waals surface area contributed by atoms with E-state index in [9.17, 15) is 18.4 Å². The first kappa shape index (κ1) is 21.4. The van der Waals surface area contributed by atoms with E-state index in [1.54, 1.807) is 19.1 Å². The van der Waals surface area contributed by atoms with Gasteiger partial charge in [0.25, 0.3) is 6.01 Å². The van der Waals surface area contributed by atoms with Gasteiger partial charge in [-0.25, -0.2) is 22.9 Å². The van der Waals surface area contributed by atoms with E-state index >= 15 is 0 Å². The van der Waals surface area contributed by atoms with Crippen LogP contribution in [-0.4, -0.2) is 22.1 Å². The van der Waals surface area contributed by atoms with Gasteiger partial charge >= 0.3 is 11.6 Å². The summed E-state index contributed by atoms with van der Waals surface area (Å²) in [7, 11) is 0. The number of oxazole rings is 2. The number of rotatable bonds is 4. The third-order valence-corrected chi connectivity index (χ3v) is 5.40. The third kappa shape index (κ3) is 3.31. The number of anilines is 1. The molecule has 1 aliphatic heterocycles. The van der Waals surface area contributed by atoms with Crippen LogP contribution >= 0.6 is 0 Å². The summed E-state index contributed by atoms with van der Waals surface area (Å²) >= 11 is 0. The minimum absolute atomic E-state index is 0.0132. The van der Waals surface area contributed by atoms with Gasteiger partial charge in [-0.05, 0) is 25.1 Å². The number of nitrogens with two attached hydrogens (primary N) is 1. The Morgan fingerprint density at radius 3 is 2.56 bits per heavy atom. The summed E-state index contributed by atoms with van der Waals surface area (Å²) in [5.74, 6) is -3.24. The van der Waals surface area contributed by atoms with Crippen molar-refractivity contribution in [3.63, 3.8) is 0 Å². The quantitative estimate of drug-likeness (QED) is 0.459. The molecule has 5 rings (SSSR count). The molecule has 4 aromatic rings. The monoisotopic (exact) mass is 465 g/mol. The van der Waals surface area contributed by atoms with E-state index < -0.39 is 29.1 Å². The van der Waals surface area contributed by atoms with Crippen molar-refractivity contribution < 1.29 is 27.1 Å².